The Labute approximate surface area is 129 Å². The Morgan fingerprint density at radius 3 is 2.95 bits per heavy atom. The zero-order valence-electron chi connectivity index (χ0n) is 12.7. The van der Waals surface area contributed by atoms with E-state index in [1.807, 2.05) is 19.1 Å². The van der Waals surface area contributed by atoms with Gasteiger partial charge in [-0.3, -0.25) is 4.79 Å². The van der Waals surface area contributed by atoms with Crippen molar-refractivity contribution in [2.75, 3.05) is 0 Å². The van der Waals surface area contributed by atoms with E-state index >= 15 is 0 Å². The van der Waals surface area contributed by atoms with Gasteiger partial charge in [0.15, 0.2) is 5.65 Å². The van der Waals surface area contributed by atoms with E-state index in [-0.39, 0.29) is 11.9 Å². The third-order valence-electron chi connectivity index (χ3n) is 3.69. The number of aromatic nitrogens is 3. The van der Waals surface area contributed by atoms with Crippen LogP contribution in [0.1, 0.15) is 28.4 Å². The molecule has 0 spiro atoms. The van der Waals surface area contributed by atoms with Crippen molar-refractivity contribution in [3.05, 3.63) is 65.6 Å². The summed E-state index contributed by atoms with van der Waals surface area (Å²) in [6.07, 6.45) is 5.78. The molecule has 5 heteroatoms. The Morgan fingerprint density at radius 2 is 2.14 bits per heavy atom. The smallest absolute Gasteiger partial charge is 0.256 e. The summed E-state index contributed by atoms with van der Waals surface area (Å²) in [6, 6.07) is 10.0. The van der Waals surface area contributed by atoms with Gasteiger partial charge in [-0.1, -0.05) is 24.3 Å². The SMILES string of the molecule is Cc1ccccc1C[C@H](C)NC(=O)c1cnn2cccnc12. The van der Waals surface area contributed by atoms with E-state index in [9.17, 15) is 4.79 Å². The molecule has 2 aromatic heterocycles. The highest BCUT2D eigenvalue weighted by atomic mass is 16.1. The summed E-state index contributed by atoms with van der Waals surface area (Å²) < 4.78 is 1.60. The van der Waals surface area contributed by atoms with Crippen LogP contribution in [-0.2, 0) is 6.42 Å². The van der Waals surface area contributed by atoms with Crippen molar-refractivity contribution in [3.63, 3.8) is 0 Å². The van der Waals surface area contributed by atoms with Crippen LogP contribution in [0.3, 0.4) is 0 Å². The quantitative estimate of drug-likeness (QED) is 0.804. The maximum Gasteiger partial charge on any atom is 0.256 e. The van der Waals surface area contributed by atoms with Crippen LogP contribution in [0.25, 0.3) is 5.65 Å². The van der Waals surface area contributed by atoms with Crippen LogP contribution in [0, 0.1) is 6.92 Å². The maximum atomic E-state index is 12.4. The molecular formula is C17H18N4O. The lowest BCUT2D eigenvalue weighted by molar-refractivity contribution is 0.0941. The number of nitrogens with zero attached hydrogens (tertiary/aromatic N) is 3. The Balaban J connectivity index is 1.73. The number of hydrogen-bond donors (Lipinski definition) is 1. The van der Waals surface area contributed by atoms with Gasteiger partial charge in [0.25, 0.3) is 5.91 Å². The Bertz CT molecular complexity index is 809. The van der Waals surface area contributed by atoms with Gasteiger partial charge in [-0.15, -0.1) is 0 Å². The normalized spacial score (nSPS) is 12.3. The molecule has 0 bridgehead atoms. The van der Waals surface area contributed by atoms with Crippen molar-refractivity contribution < 1.29 is 4.79 Å². The molecule has 112 valence electrons. The first kappa shape index (κ1) is 14.3. The topological polar surface area (TPSA) is 59.3 Å². The number of fused-ring (bicyclic) bond motifs is 1. The van der Waals surface area contributed by atoms with E-state index in [4.69, 9.17) is 0 Å². The fourth-order valence-corrected chi connectivity index (χ4v) is 2.51. The summed E-state index contributed by atoms with van der Waals surface area (Å²) in [4.78, 5) is 16.6. The molecule has 0 aliphatic carbocycles. The van der Waals surface area contributed by atoms with Gasteiger partial charge in [-0.2, -0.15) is 5.10 Å². The molecule has 0 saturated heterocycles. The van der Waals surface area contributed by atoms with Crippen molar-refractivity contribution in [1.29, 1.82) is 0 Å². The van der Waals surface area contributed by atoms with Crippen molar-refractivity contribution in [2.45, 2.75) is 26.3 Å². The molecule has 0 fully saturated rings. The largest absolute Gasteiger partial charge is 0.349 e. The first-order valence-corrected chi connectivity index (χ1v) is 7.29. The number of rotatable bonds is 4. The zero-order chi connectivity index (χ0) is 15.5. The zero-order valence-corrected chi connectivity index (χ0v) is 12.7. The number of nitrogens with one attached hydrogen (secondary N) is 1. The molecule has 3 aromatic rings. The molecular weight excluding hydrogens is 276 g/mol. The van der Waals surface area contributed by atoms with Gasteiger partial charge in [0, 0.05) is 18.4 Å². The highest BCUT2D eigenvalue weighted by molar-refractivity contribution is 5.99. The minimum Gasteiger partial charge on any atom is -0.349 e. The molecule has 1 atom stereocenters. The van der Waals surface area contributed by atoms with Crippen molar-refractivity contribution in [2.24, 2.45) is 0 Å². The molecule has 3 rings (SSSR count). The summed E-state index contributed by atoms with van der Waals surface area (Å²) in [5.41, 5.74) is 3.55. The number of carbonyl (C=O) groups excluding carboxylic acids is 1. The van der Waals surface area contributed by atoms with Crippen LogP contribution < -0.4 is 5.32 Å². The molecule has 0 aliphatic heterocycles. The molecule has 1 N–H and O–H groups in total. The Morgan fingerprint density at radius 1 is 1.32 bits per heavy atom. The van der Waals surface area contributed by atoms with Crippen molar-refractivity contribution in [1.82, 2.24) is 19.9 Å². The van der Waals surface area contributed by atoms with Gasteiger partial charge in [0.05, 0.1) is 6.20 Å². The second-order valence-corrected chi connectivity index (χ2v) is 5.45. The third kappa shape index (κ3) is 2.83. The molecule has 0 unspecified atom stereocenters. The van der Waals surface area contributed by atoms with E-state index < -0.39 is 0 Å². The average molecular weight is 294 g/mol. The first-order valence-electron chi connectivity index (χ1n) is 7.29. The minimum atomic E-state index is -0.144. The molecule has 1 aromatic carbocycles. The van der Waals surface area contributed by atoms with E-state index in [0.29, 0.717) is 11.2 Å². The number of benzene rings is 1. The van der Waals surface area contributed by atoms with Gasteiger partial charge in [-0.05, 0) is 37.5 Å². The summed E-state index contributed by atoms with van der Waals surface area (Å²) in [5.74, 6) is -0.144. The van der Waals surface area contributed by atoms with E-state index in [1.54, 1.807) is 29.2 Å². The average Bonchev–Trinajstić information content (AvgIpc) is 2.93. The fourth-order valence-electron chi connectivity index (χ4n) is 2.51. The lowest BCUT2D eigenvalue weighted by Crippen LogP contribution is -2.34. The molecule has 2 heterocycles. The van der Waals surface area contributed by atoms with Gasteiger partial charge in [-0.25, -0.2) is 9.50 Å². The monoisotopic (exact) mass is 294 g/mol. The predicted octanol–water partition coefficient (Wildman–Crippen LogP) is 2.40. The van der Waals surface area contributed by atoms with Gasteiger partial charge >= 0.3 is 0 Å². The lowest BCUT2D eigenvalue weighted by Gasteiger charge is -2.14. The third-order valence-corrected chi connectivity index (χ3v) is 3.69. The van der Waals surface area contributed by atoms with Crippen molar-refractivity contribution in [3.8, 4) is 0 Å². The Kier molecular flexibility index (Phi) is 3.87. The molecule has 0 aliphatic rings. The lowest BCUT2D eigenvalue weighted by atomic mass is 10.0. The molecule has 22 heavy (non-hydrogen) atoms. The first-order chi connectivity index (χ1) is 10.6. The van der Waals surface area contributed by atoms with Gasteiger partial charge < -0.3 is 5.32 Å². The van der Waals surface area contributed by atoms with E-state index in [2.05, 4.69) is 34.5 Å². The minimum absolute atomic E-state index is 0.0345. The van der Waals surface area contributed by atoms with Gasteiger partial charge in [0.1, 0.15) is 5.56 Å². The van der Waals surface area contributed by atoms with E-state index in [0.717, 1.165) is 6.42 Å². The number of aryl methyl sites for hydroxylation is 1. The Hall–Kier alpha value is -2.69. The van der Waals surface area contributed by atoms with Crippen LogP contribution in [0.15, 0.2) is 48.9 Å². The van der Waals surface area contributed by atoms with Crippen LogP contribution >= 0.6 is 0 Å². The van der Waals surface area contributed by atoms with Crippen LogP contribution in [0.4, 0.5) is 0 Å². The maximum absolute atomic E-state index is 12.4. The summed E-state index contributed by atoms with van der Waals surface area (Å²) >= 11 is 0. The van der Waals surface area contributed by atoms with E-state index in [1.165, 1.54) is 11.1 Å². The number of hydrogen-bond acceptors (Lipinski definition) is 3. The summed E-state index contributed by atoms with van der Waals surface area (Å²) in [6.45, 7) is 4.09. The summed E-state index contributed by atoms with van der Waals surface area (Å²) in [5, 5.41) is 7.16. The molecule has 0 radical (unpaired) electrons. The second kappa shape index (κ2) is 5.97. The van der Waals surface area contributed by atoms with Crippen molar-refractivity contribution >= 4 is 11.6 Å². The predicted molar refractivity (Wildman–Crippen MR) is 84.8 cm³/mol. The highest BCUT2D eigenvalue weighted by Crippen LogP contribution is 2.11. The molecule has 1 amide bonds. The van der Waals surface area contributed by atoms with Crippen LogP contribution in [0.5, 0.6) is 0 Å². The molecule has 5 nitrogen and oxygen atoms in total. The molecule has 0 saturated carbocycles. The highest BCUT2D eigenvalue weighted by Gasteiger charge is 2.16. The number of carbonyl (C=O) groups is 1. The van der Waals surface area contributed by atoms with Crippen LogP contribution in [-0.4, -0.2) is 26.5 Å². The second-order valence-electron chi connectivity index (χ2n) is 5.45. The van der Waals surface area contributed by atoms with Crippen LogP contribution in [0.2, 0.25) is 0 Å². The summed E-state index contributed by atoms with van der Waals surface area (Å²) in [7, 11) is 0. The van der Waals surface area contributed by atoms with Gasteiger partial charge in [0.2, 0.25) is 0 Å². The number of amides is 1. The fraction of sp³-hybridized carbons (Fsp3) is 0.235. The standard InChI is InChI=1S/C17H18N4O/c1-12-6-3-4-7-14(12)10-13(2)20-17(22)15-11-19-21-9-5-8-18-16(15)21/h3-9,11,13H,10H2,1-2H3,(H,20,22)/t13-/m0/s1.